The molecule has 0 fully saturated rings. The van der Waals surface area contributed by atoms with E-state index in [-0.39, 0.29) is 24.7 Å². The van der Waals surface area contributed by atoms with Crippen molar-refractivity contribution in [3.05, 3.63) is 0 Å². The number of sulfonamides is 1. The number of carbonyl (C=O) groups is 1. The lowest BCUT2D eigenvalue weighted by Gasteiger charge is -2.24. The summed E-state index contributed by atoms with van der Waals surface area (Å²) in [6.07, 6.45) is -0.100. The van der Waals surface area contributed by atoms with Gasteiger partial charge in [-0.1, -0.05) is 27.7 Å². The number of esters is 1. The minimum absolute atomic E-state index is 0.100. The van der Waals surface area contributed by atoms with E-state index in [1.54, 1.807) is 6.92 Å². The molecular formula is C13H27NO4S. The smallest absolute Gasteiger partial charge is 0.306 e. The van der Waals surface area contributed by atoms with Gasteiger partial charge in [0.15, 0.2) is 0 Å². The van der Waals surface area contributed by atoms with Crippen molar-refractivity contribution in [2.45, 2.75) is 41.0 Å². The third-order valence-corrected chi connectivity index (χ3v) is 4.48. The Morgan fingerprint density at radius 2 is 1.68 bits per heavy atom. The summed E-state index contributed by atoms with van der Waals surface area (Å²) in [5.41, 5.74) is 0. The Kier molecular flexibility index (Phi) is 8.25. The van der Waals surface area contributed by atoms with Crippen molar-refractivity contribution < 1.29 is 17.9 Å². The van der Waals surface area contributed by atoms with Crippen LogP contribution in [0.1, 0.15) is 41.0 Å². The van der Waals surface area contributed by atoms with E-state index in [9.17, 15) is 13.2 Å². The Bertz CT molecular complexity index is 355. The molecular weight excluding hydrogens is 266 g/mol. The lowest BCUT2D eigenvalue weighted by Crippen LogP contribution is -2.35. The van der Waals surface area contributed by atoms with Crippen LogP contribution in [-0.4, -0.2) is 33.3 Å². The number of rotatable bonds is 9. The predicted molar refractivity (Wildman–Crippen MR) is 76.2 cm³/mol. The maximum atomic E-state index is 11.8. The van der Waals surface area contributed by atoms with Gasteiger partial charge in [0.05, 0.1) is 18.8 Å². The summed E-state index contributed by atoms with van der Waals surface area (Å²) in [7, 11) is -3.41. The first kappa shape index (κ1) is 18.4. The monoisotopic (exact) mass is 293 g/mol. The second-order valence-corrected chi connectivity index (χ2v) is 7.30. The summed E-state index contributed by atoms with van der Waals surface area (Å²) in [6.45, 7) is 10.7. The average Bonchev–Trinajstić information content (AvgIpc) is 2.26. The summed E-state index contributed by atoms with van der Waals surface area (Å²) >= 11 is 0. The molecule has 5 nitrogen and oxygen atoms in total. The van der Waals surface area contributed by atoms with Crippen molar-refractivity contribution in [1.82, 2.24) is 4.72 Å². The van der Waals surface area contributed by atoms with E-state index < -0.39 is 16.0 Å². The van der Waals surface area contributed by atoms with Crippen molar-refractivity contribution in [1.29, 1.82) is 0 Å². The van der Waals surface area contributed by atoms with Gasteiger partial charge >= 0.3 is 5.97 Å². The van der Waals surface area contributed by atoms with E-state index in [0.717, 1.165) is 0 Å². The van der Waals surface area contributed by atoms with Crippen LogP contribution in [0.2, 0.25) is 0 Å². The van der Waals surface area contributed by atoms with Gasteiger partial charge in [0.2, 0.25) is 10.0 Å². The topological polar surface area (TPSA) is 72.5 Å². The molecule has 0 radical (unpaired) electrons. The quantitative estimate of drug-likeness (QED) is 0.658. The van der Waals surface area contributed by atoms with Crippen molar-refractivity contribution in [2.75, 3.05) is 18.9 Å². The van der Waals surface area contributed by atoms with Gasteiger partial charge < -0.3 is 4.74 Å². The molecule has 0 bridgehead atoms. The third kappa shape index (κ3) is 8.21. The Morgan fingerprint density at radius 3 is 2.11 bits per heavy atom. The molecule has 0 aromatic heterocycles. The Morgan fingerprint density at radius 1 is 1.16 bits per heavy atom. The molecule has 0 aliphatic rings. The van der Waals surface area contributed by atoms with Crippen LogP contribution in [0.3, 0.4) is 0 Å². The fraction of sp³-hybridized carbons (Fsp3) is 0.923. The lowest BCUT2D eigenvalue weighted by molar-refractivity contribution is -0.142. The standard InChI is InChI=1S/C13H27NO4S/c1-6-18-13(15)7-8-19(16,17)14-9-12(10(2)3)11(4)5/h10-12,14H,6-9H2,1-5H3. The molecule has 0 amide bonds. The van der Waals surface area contributed by atoms with Crippen LogP contribution >= 0.6 is 0 Å². The number of carbonyl (C=O) groups excluding carboxylic acids is 1. The number of nitrogens with one attached hydrogen (secondary N) is 1. The zero-order chi connectivity index (χ0) is 15.1. The van der Waals surface area contributed by atoms with E-state index >= 15 is 0 Å². The number of hydrogen-bond donors (Lipinski definition) is 1. The van der Waals surface area contributed by atoms with Gasteiger partial charge in [0.25, 0.3) is 0 Å². The van der Waals surface area contributed by atoms with E-state index in [0.29, 0.717) is 18.4 Å². The second-order valence-electron chi connectivity index (χ2n) is 5.37. The molecule has 0 aromatic rings. The molecule has 0 atom stereocenters. The minimum Gasteiger partial charge on any atom is -0.466 e. The minimum atomic E-state index is -3.41. The van der Waals surface area contributed by atoms with Gasteiger partial charge in [-0.15, -0.1) is 0 Å². The molecule has 0 heterocycles. The molecule has 1 N–H and O–H groups in total. The second kappa shape index (κ2) is 8.53. The van der Waals surface area contributed by atoms with Gasteiger partial charge in [0.1, 0.15) is 0 Å². The molecule has 0 aromatic carbocycles. The zero-order valence-corrected chi connectivity index (χ0v) is 13.4. The summed E-state index contributed by atoms with van der Waals surface area (Å²) < 4.78 is 30.8. The number of ether oxygens (including phenoxy) is 1. The highest BCUT2D eigenvalue weighted by molar-refractivity contribution is 7.89. The van der Waals surface area contributed by atoms with E-state index in [1.165, 1.54) is 0 Å². The third-order valence-electron chi connectivity index (χ3n) is 3.13. The molecule has 0 saturated carbocycles. The first-order chi connectivity index (χ1) is 8.69. The Balaban J connectivity index is 4.26. The number of hydrogen-bond acceptors (Lipinski definition) is 4. The summed E-state index contributed by atoms with van der Waals surface area (Å²) in [5, 5.41) is 0. The maximum absolute atomic E-state index is 11.8. The Hall–Kier alpha value is -0.620. The van der Waals surface area contributed by atoms with Crippen molar-refractivity contribution in [2.24, 2.45) is 17.8 Å². The van der Waals surface area contributed by atoms with Crippen LogP contribution < -0.4 is 4.72 Å². The molecule has 0 saturated heterocycles. The van der Waals surface area contributed by atoms with Gasteiger partial charge in [-0.25, -0.2) is 13.1 Å². The lowest BCUT2D eigenvalue weighted by atomic mass is 9.86. The molecule has 19 heavy (non-hydrogen) atoms. The van der Waals surface area contributed by atoms with Crippen LogP contribution in [0.5, 0.6) is 0 Å². The fourth-order valence-corrected chi connectivity index (χ4v) is 3.01. The molecule has 0 spiro atoms. The maximum Gasteiger partial charge on any atom is 0.306 e. The van der Waals surface area contributed by atoms with Gasteiger partial charge in [-0.05, 0) is 24.7 Å². The highest BCUT2D eigenvalue weighted by atomic mass is 32.2. The van der Waals surface area contributed by atoms with E-state index in [2.05, 4.69) is 32.4 Å². The van der Waals surface area contributed by atoms with E-state index in [1.807, 2.05) is 0 Å². The highest BCUT2D eigenvalue weighted by Gasteiger charge is 2.21. The first-order valence-corrected chi connectivity index (χ1v) is 8.47. The molecule has 6 heteroatoms. The van der Waals surface area contributed by atoms with E-state index in [4.69, 9.17) is 4.74 Å². The first-order valence-electron chi connectivity index (χ1n) is 6.82. The molecule has 0 aliphatic heterocycles. The van der Waals surface area contributed by atoms with Crippen LogP contribution in [-0.2, 0) is 19.6 Å². The van der Waals surface area contributed by atoms with Gasteiger partial charge in [-0.2, -0.15) is 0 Å². The summed E-state index contributed by atoms with van der Waals surface area (Å²) in [5.74, 6) is 0.421. The fourth-order valence-electron chi connectivity index (χ4n) is 1.99. The van der Waals surface area contributed by atoms with Crippen molar-refractivity contribution in [3.8, 4) is 0 Å². The average molecular weight is 293 g/mol. The Labute approximate surface area is 117 Å². The zero-order valence-electron chi connectivity index (χ0n) is 12.6. The van der Waals surface area contributed by atoms with Crippen LogP contribution in [0.15, 0.2) is 0 Å². The highest BCUT2D eigenvalue weighted by Crippen LogP contribution is 2.19. The van der Waals surface area contributed by atoms with Crippen LogP contribution in [0.25, 0.3) is 0 Å². The molecule has 0 aliphatic carbocycles. The largest absolute Gasteiger partial charge is 0.466 e. The molecule has 114 valence electrons. The summed E-state index contributed by atoms with van der Waals surface area (Å²) in [6, 6.07) is 0. The predicted octanol–water partition coefficient (Wildman–Crippen LogP) is 1.79. The SMILES string of the molecule is CCOC(=O)CCS(=O)(=O)NCC(C(C)C)C(C)C. The van der Waals surface area contributed by atoms with Crippen LogP contribution in [0.4, 0.5) is 0 Å². The van der Waals surface area contributed by atoms with Crippen molar-refractivity contribution in [3.63, 3.8) is 0 Å². The van der Waals surface area contributed by atoms with Gasteiger partial charge in [0, 0.05) is 6.54 Å². The van der Waals surface area contributed by atoms with Crippen LogP contribution in [0, 0.1) is 17.8 Å². The van der Waals surface area contributed by atoms with Gasteiger partial charge in [-0.3, -0.25) is 4.79 Å². The normalized spacial score (nSPS) is 12.4. The molecule has 0 unspecified atom stereocenters. The van der Waals surface area contributed by atoms with Crippen molar-refractivity contribution >= 4 is 16.0 Å². The molecule has 0 rings (SSSR count). The summed E-state index contributed by atoms with van der Waals surface area (Å²) in [4.78, 5) is 11.1.